The average molecular weight is 168 g/mol. The van der Waals surface area contributed by atoms with Crippen molar-refractivity contribution in [2.24, 2.45) is 12.8 Å². The Morgan fingerprint density at radius 1 is 1.58 bits per heavy atom. The molecule has 66 valence electrons. The number of Topliss-reactive ketones (excluding diaryl/α,β-unsaturated/α-hetero) is 1. The van der Waals surface area contributed by atoms with Crippen LogP contribution in [0.5, 0.6) is 0 Å². The van der Waals surface area contributed by atoms with Crippen LogP contribution < -0.4 is 5.73 Å². The van der Waals surface area contributed by atoms with E-state index in [0.29, 0.717) is 18.8 Å². The van der Waals surface area contributed by atoms with Crippen molar-refractivity contribution < 1.29 is 4.79 Å². The van der Waals surface area contributed by atoms with E-state index in [4.69, 9.17) is 5.73 Å². The van der Waals surface area contributed by atoms with Crippen molar-refractivity contribution in [1.82, 2.24) is 14.8 Å². The SMILES string of the molecule is Cc1nnc(C(=O)CCN)n1C. The predicted octanol–water partition coefficient (Wildman–Crippen LogP) is -0.345. The molecule has 0 spiro atoms. The van der Waals surface area contributed by atoms with Crippen LogP contribution in [0, 0.1) is 6.92 Å². The van der Waals surface area contributed by atoms with E-state index in [9.17, 15) is 4.79 Å². The van der Waals surface area contributed by atoms with Crippen LogP contribution in [0.15, 0.2) is 0 Å². The van der Waals surface area contributed by atoms with Crippen LogP contribution in [0.3, 0.4) is 0 Å². The molecule has 12 heavy (non-hydrogen) atoms. The minimum Gasteiger partial charge on any atom is -0.330 e. The largest absolute Gasteiger partial charge is 0.330 e. The molecule has 1 aromatic heterocycles. The zero-order valence-corrected chi connectivity index (χ0v) is 7.24. The summed E-state index contributed by atoms with van der Waals surface area (Å²) in [6.45, 7) is 2.15. The first-order valence-electron chi connectivity index (χ1n) is 3.76. The second-order valence-corrected chi connectivity index (χ2v) is 2.59. The summed E-state index contributed by atoms with van der Waals surface area (Å²) in [7, 11) is 1.76. The van der Waals surface area contributed by atoms with Crippen molar-refractivity contribution in [2.45, 2.75) is 13.3 Å². The van der Waals surface area contributed by atoms with E-state index in [1.54, 1.807) is 18.5 Å². The molecule has 0 bridgehead atoms. The predicted molar refractivity (Wildman–Crippen MR) is 43.7 cm³/mol. The quantitative estimate of drug-likeness (QED) is 0.626. The number of hydrogen-bond donors (Lipinski definition) is 1. The number of carbonyl (C=O) groups is 1. The molecule has 0 aliphatic rings. The molecule has 0 radical (unpaired) electrons. The Bertz CT molecular complexity index is 292. The van der Waals surface area contributed by atoms with E-state index in [1.165, 1.54) is 0 Å². The Kier molecular flexibility index (Phi) is 2.54. The van der Waals surface area contributed by atoms with Gasteiger partial charge in [0.05, 0.1) is 0 Å². The van der Waals surface area contributed by atoms with Gasteiger partial charge in [0.15, 0.2) is 5.82 Å². The zero-order chi connectivity index (χ0) is 9.14. The molecular weight excluding hydrogens is 156 g/mol. The van der Waals surface area contributed by atoms with E-state index >= 15 is 0 Å². The van der Waals surface area contributed by atoms with E-state index < -0.39 is 0 Å². The van der Waals surface area contributed by atoms with Crippen molar-refractivity contribution in [1.29, 1.82) is 0 Å². The summed E-state index contributed by atoms with van der Waals surface area (Å²) >= 11 is 0. The molecule has 5 nitrogen and oxygen atoms in total. The van der Waals surface area contributed by atoms with Crippen molar-refractivity contribution >= 4 is 5.78 Å². The first-order valence-corrected chi connectivity index (χ1v) is 3.76. The molecule has 1 heterocycles. The number of hydrogen-bond acceptors (Lipinski definition) is 4. The molecule has 1 aromatic rings. The lowest BCUT2D eigenvalue weighted by Crippen LogP contribution is -2.13. The molecule has 0 aliphatic carbocycles. The summed E-state index contributed by atoms with van der Waals surface area (Å²) in [6, 6.07) is 0. The fourth-order valence-electron chi connectivity index (χ4n) is 0.893. The smallest absolute Gasteiger partial charge is 0.201 e. The van der Waals surface area contributed by atoms with E-state index in [0.717, 1.165) is 5.82 Å². The molecule has 0 amide bonds. The lowest BCUT2D eigenvalue weighted by atomic mass is 10.3. The molecular formula is C7H12N4O. The van der Waals surface area contributed by atoms with E-state index in [1.807, 2.05) is 0 Å². The van der Waals surface area contributed by atoms with Gasteiger partial charge < -0.3 is 10.3 Å². The third-order valence-electron chi connectivity index (χ3n) is 1.71. The van der Waals surface area contributed by atoms with Gasteiger partial charge >= 0.3 is 0 Å². The van der Waals surface area contributed by atoms with Gasteiger partial charge in [0.2, 0.25) is 5.78 Å². The molecule has 0 unspecified atom stereocenters. The summed E-state index contributed by atoms with van der Waals surface area (Å²) in [5.41, 5.74) is 5.25. The van der Waals surface area contributed by atoms with Crippen LogP contribution in [0.4, 0.5) is 0 Å². The third-order valence-corrected chi connectivity index (χ3v) is 1.71. The van der Waals surface area contributed by atoms with Crippen LogP contribution in [-0.4, -0.2) is 27.1 Å². The van der Waals surface area contributed by atoms with Crippen molar-refractivity contribution in [3.63, 3.8) is 0 Å². The van der Waals surface area contributed by atoms with Crippen molar-refractivity contribution in [3.05, 3.63) is 11.6 Å². The van der Waals surface area contributed by atoms with Crippen LogP contribution in [0.2, 0.25) is 0 Å². The maximum absolute atomic E-state index is 11.3. The van der Waals surface area contributed by atoms with E-state index in [2.05, 4.69) is 10.2 Å². The fourth-order valence-corrected chi connectivity index (χ4v) is 0.893. The van der Waals surface area contributed by atoms with Gasteiger partial charge in [-0.15, -0.1) is 10.2 Å². The van der Waals surface area contributed by atoms with Gasteiger partial charge in [-0.25, -0.2) is 0 Å². The highest BCUT2D eigenvalue weighted by atomic mass is 16.1. The van der Waals surface area contributed by atoms with Gasteiger partial charge in [-0.1, -0.05) is 0 Å². The molecule has 0 saturated heterocycles. The molecule has 1 rings (SSSR count). The topological polar surface area (TPSA) is 73.8 Å². The lowest BCUT2D eigenvalue weighted by molar-refractivity contribution is 0.0972. The number of ketones is 1. The second kappa shape index (κ2) is 3.44. The van der Waals surface area contributed by atoms with E-state index in [-0.39, 0.29) is 5.78 Å². The minimum atomic E-state index is -0.0550. The van der Waals surface area contributed by atoms with Crippen LogP contribution in [-0.2, 0) is 7.05 Å². The third kappa shape index (κ3) is 1.50. The summed E-state index contributed by atoms with van der Waals surface area (Å²) in [6.07, 6.45) is 0.325. The fraction of sp³-hybridized carbons (Fsp3) is 0.571. The monoisotopic (exact) mass is 168 g/mol. The molecule has 0 aromatic carbocycles. The Hall–Kier alpha value is -1.23. The Labute approximate surface area is 70.6 Å². The maximum atomic E-state index is 11.3. The molecule has 0 fully saturated rings. The van der Waals surface area contributed by atoms with Crippen LogP contribution in [0.1, 0.15) is 22.9 Å². The molecule has 5 heteroatoms. The zero-order valence-electron chi connectivity index (χ0n) is 7.24. The van der Waals surface area contributed by atoms with Gasteiger partial charge in [0.25, 0.3) is 0 Å². The summed E-state index contributed by atoms with van der Waals surface area (Å²) < 4.78 is 1.66. The highest BCUT2D eigenvalue weighted by Gasteiger charge is 2.12. The van der Waals surface area contributed by atoms with Crippen molar-refractivity contribution in [2.75, 3.05) is 6.54 Å². The van der Waals surface area contributed by atoms with Gasteiger partial charge in [0.1, 0.15) is 5.82 Å². The lowest BCUT2D eigenvalue weighted by Gasteiger charge is -1.98. The Morgan fingerprint density at radius 2 is 2.25 bits per heavy atom. The molecule has 0 atom stereocenters. The first-order chi connectivity index (χ1) is 5.66. The van der Waals surface area contributed by atoms with Gasteiger partial charge in [-0.05, 0) is 13.5 Å². The Morgan fingerprint density at radius 3 is 2.67 bits per heavy atom. The van der Waals surface area contributed by atoms with Crippen LogP contribution in [0.25, 0.3) is 0 Å². The Balaban J connectivity index is 2.88. The second-order valence-electron chi connectivity index (χ2n) is 2.59. The average Bonchev–Trinajstić information content (AvgIpc) is 2.34. The van der Waals surface area contributed by atoms with Crippen LogP contribution >= 0.6 is 0 Å². The minimum absolute atomic E-state index is 0.0550. The number of carbonyl (C=O) groups excluding carboxylic acids is 1. The standard InChI is InChI=1S/C7H12N4O/c1-5-9-10-7(11(5)2)6(12)3-4-8/h3-4,8H2,1-2H3. The molecule has 0 aliphatic heterocycles. The normalized spacial score (nSPS) is 10.2. The summed E-state index contributed by atoms with van der Waals surface area (Å²) in [5, 5.41) is 7.51. The highest BCUT2D eigenvalue weighted by Crippen LogP contribution is 2.00. The van der Waals surface area contributed by atoms with Gasteiger partial charge in [-0.3, -0.25) is 4.79 Å². The van der Waals surface area contributed by atoms with Gasteiger partial charge in [0, 0.05) is 13.5 Å². The number of aromatic nitrogens is 3. The number of nitrogens with zero attached hydrogens (tertiary/aromatic N) is 3. The maximum Gasteiger partial charge on any atom is 0.201 e. The number of nitrogens with two attached hydrogens (primary N) is 1. The summed E-state index contributed by atoms with van der Waals surface area (Å²) in [5.74, 6) is 1.06. The van der Waals surface area contributed by atoms with Crippen molar-refractivity contribution in [3.8, 4) is 0 Å². The highest BCUT2D eigenvalue weighted by molar-refractivity contribution is 5.92. The number of aryl methyl sites for hydroxylation is 1. The molecule has 0 saturated carbocycles. The summed E-state index contributed by atoms with van der Waals surface area (Å²) in [4.78, 5) is 11.3. The molecule has 2 N–H and O–H groups in total. The first kappa shape index (κ1) is 8.86. The van der Waals surface area contributed by atoms with Gasteiger partial charge in [-0.2, -0.15) is 0 Å². The number of rotatable bonds is 3.